The normalized spacial score (nSPS) is 13.4. The van der Waals surface area contributed by atoms with Gasteiger partial charge in [0.2, 0.25) is 0 Å². The zero-order chi connectivity index (χ0) is 9.14. The van der Waals surface area contributed by atoms with Gasteiger partial charge in [0.1, 0.15) is 0 Å². The largest absolute Gasteiger partial charge is 0.319 e. The molecule has 1 aromatic heterocycles. The van der Waals surface area contributed by atoms with E-state index in [1.54, 1.807) is 0 Å². The molecule has 0 aromatic carbocycles. The molecule has 12 heavy (non-hydrogen) atoms. The Labute approximate surface area is 76.9 Å². The SMILES string of the molecule is NC(c1cncc(Br)c1)C(F)F. The molecule has 0 amide bonds. The number of halogens is 3. The monoisotopic (exact) mass is 236 g/mol. The summed E-state index contributed by atoms with van der Waals surface area (Å²) in [5.74, 6) is 0. The van der Waals surface area contributed by atoms with Crippen LogP contribution in [0, 0.1) is 0 Å². The van der Waals surface area contributed by atoms with Crippen molar-refractivity contribution in [1.29, 1.82) is 0 Å². The maximum atomic E-state index is 12.1. The number of pyridine rings is 1. The van der Waals surface area contributed by atoms with Gasteiger partial charge < -0.3 is 5.73 Å². The average Bonchev–Trinajstić information content (AvgIpc) is 2.03. The van der Waals surface area contributed by atoms with Crippen LogP contribution in [0.2, 0.25) is 0 Å². The van der Waals surface area contributed by atoms with Crippen molar-refractivity contribution in [2.24, 2.45) is 5.73 Å². The topological polar surface area (TPSA) is 38.9 Å². The summed E-state index contributed by atoms with van der Waals surface area (Å²) < 4.78 is 24.8. The summed E-state index contributed by atoms with van der Waals surface area (Å²) >= 11 is 3.12. The molecule has 0 spiro atoms. The summed E-state index contributed by atoms with van der Waals surface area (Å²) in [6.07, 6.45) is 0.296. The summed E-state index contributed by atoms with van der Waals surface area (Å²) in [7, 11) is 0. The van der Waals surface area contributed by atoms with Gasteiger partial charge >= 0.3 is 0 Å². The highest BCUT2D eigenvalue weighted by Gasteiger charge is 2.17. The molecule has 0 fully saturated rings. The Kier molecular flexibility index (Phi) is 3.11. The first-order valence-corrected chi connectivity index (χ1v) is 4.04. The molecule has 0 aliphatic carbocycles. The summed E-state index contributed by atoms with van der Waals surface area (Å²) in [5.41, 5.74) is 5.53. The number of rotatable bonds is 2. The molecule has 1 heterocycles. The van der Waals surface area contributed by atoms with Crippen LogP contribution in [0.3, 0.4) is 0 Å². The van der Waals surface area contributed by atoms with E-state index in [9.17, 15) is 8.78 Å². The molecule has 66 valence electrons. The first kappa shape index (κ1) is 9.54. The lowest BCUT2D eigenvalue weighted by Crippen LogP contribution is -2.18. The highest BCUT2D eigenvalue weighted by atomic mass is 79.9. The maximum absolute atomic E-state index is 12.1. The Morgan fingerprint density at radius 3 is 2.58 bits per heavy atom. The first-order chi connectivity index (χ1) is 5.61. The minimum atomic E-state index is -2.55. The number of aromatic nitrogens is 1. The van der Waals surface area contributed by atoms with Gasteiger partial charge in [0, 0.05) is 16.9 Å². The van der Waals surface area contributed by atoms with E-state index in [1.165, 1.54) is 18.5 Å². The molecule has 0 aliphatic rings. The third-order valence-corrected chi connectivity index (χ3v) is 1.82. The van der Waals surface area contributed by atoms with Crippen LogP contribution in [0.1, 0.15) is 11.6 Å². The van der Waals surface area contributed by atoms with Gasteiger partial charge in [-0.3, -0.25) is 4.98 Å². The molecular weight excluding hydrogens is 230 g/mol. The molecule has 0 saturated carbocycles. The predicted molar refractivity (Wildman–Crippen MR) is 44.9 cm³/mol. The minimum Gasteiger partial charge on any atom is -0.319 e. The van der Waals surface area contributed by atoms with Crippen LogP contribution in [-0.4, -0.2) is 11.4 Å². The molecule has 1 atom stereocenters. The Morgan fingerprint density at radius 2 is 2.08 bits per heavy atom. The van der Waals surface area contributed by atoms with Gasteiger partial charge in [0.15, 0.2) is 0 Å². The molecule has 2 nitrogen and oxygen atoms in total. The highest BCUT2D eigenvalue weighted by molar-refractivity contribution is 9.10. The van der Waals surface area contributed by atoms with E-state index < -0.39 is 12.5 Å². The molecule has 2 N–H and O–H groups in total. The zero-order valence-electron chi connectivity index (χ0n) is 6.05. The van der Waals surface area contributed by atoms with Crippen LogP contribution in [0.5, 0.6) is 0 Å². The van der Waals surface area contributed by atoms with E-state index in [-0.39, 0.29) is 0 Å². The van der Waals surface area contributed by atoms with Crippen LogP contribution in [0.15, 0.2) is 22.9 Å². The van der Waals surface area contributed by atoms with Gasteiger partial charge in [-0.25, -0.2) is 8.78 Å². The second-order valence-corrected chi connectivity index (χ2v) is 3.21. The smallest absolute Gasteiger partial charge is 0.257 e. The predicted octanol–water partition coefficient (Wildman–Crippen LogP) is 2.11. The average molecular weight is 237 g/mol. The molecule has 0 saturated heterocycles. The molecule has 0 aliphatic heterocycles. The fourth-order valence-corrected chi connectivity index (χ4v) is 1.14. The first-order valence-electron chi connectivity index (χ1n) is 3.25. The van der Waals surface area contributed by atoms with E-state index in [0.29, 0.717) is 10.0 Å². The lowest BCUT2D eigenvalue weighted by molar-refractivity contribution is 0.116. The molecule has 1 unspecified atom stereocenters. The van der Waals surface area contributed by atoms with Crippen molar-refractivity contribution in [3.05, 3.63) is 28.5 Å². The minimum absolute atomic E-state index is 0.333. The van der Waals surface area contributed by atoms with Crippen molar-refractivity contribution >= 4 is 15.9 Å². The van der Waals surface area contributed by atoms with Crippen molar-refractivity contribution in [2.45, 2.75) is 12.5 Å². The molecule has 1 rings (SSSR count). The second-order valence-electron chi connectivity index (χ2n) is 2.30. The Hall–Kier alpha value is -0.550. The van der Waals surface area contributed by atoms with Gasteiger partial charge in [-0.15, -0.1) is 0 Å². The number of nitrogens with zero attached hydrogens (tertiary/aromatic N) is 1. The van der Waals surface area contributed by atoms with Crippen LogP contribution >= 0.6 is 15.9 Å². The van der Waals surface area contributed by atoms with Crippen LogP contribution in [0.25, 0.3) is 0 Å². The molecule has 0 bridgehead atoms. The van der Waals surface area contributed by atoms with Crippen molar-refractivity contribution in [1.82, 2.24) is 4.98 Å². The molecule has 0 radical (unpaired) electrons. The number of hydrogen-bond donors (Lipinski definition) is 1. The number of hydrogen-bond acceptors (Lipinski definition) is 2. The van der Waals surface area contributed by atoms with E-state index in [0.717, 1.165) is 0 Å². The van der Waals surface area contributed by atoms with E-state index in [4.69, 9.17) is 5.73 Å². The Balaban J connectivity index is 2.88. The summed E-state index contributed by atoms with van der Waals surface area (Å²) in [6.45, 7) is 0. The van der Waals surface area contributed by atoms with Gasteiger partial charge in [-0.2, -0.15) is 0 Å². The van der Waals surface area contributed by atoms with Gasteiger partial charge in [-0.05, 0) is 27.6 Å². The van der Waals surface area contributed by atoms with E-state index >= 15 is 0 Å². The number of nitrogens with two attached hydrogens (primary N) is 1. The van der Waals surface area contributed by atoms with Crippen LogP contribution < -0.4 is 5.73 Å². The Morgan fingerprint density at radius 1 is 1.42 bits per heavy atom. The summed E-state index contributed by atoms with van der Waals surface area (Å²) in [6, 6.07) is 0.277. The van der Waals surface area contributed by atoms with E-state index in [2.05, 4.69) is 20.9 Å². The molecule has 1 aromatic rings. The Bertz CT molecular complexity index is 267. The molecule has 5 heteroatoms. The fourth-order valence-electron chi connectivity index (χ4n) is 0.756. The summed E-state index contributed by atoms with van der Waals surface area (Å²) in [4.78, 5) is 3.73. The standard InChI is InChI=1S/C7H7BrF2N2/c8-5-1-4(2-12-3-5)6(11)7(9)10/h1-3,6-7H,11H2. The second kappa shape index (κ2) is 3.91. The van der Waals surface area contributed by atoms with Crippen molar-refractivity contribution < 1.29 is 8.78 Å². The fraction of sp³-hybridized carbons (Fsp3) is 0.286. The van der Waals surface area contributed by atoms with Crippen molar-refractivity contribution in [3.8, 4) is 0 Å². The van der Waals surface area contributed by atoms with Crippen LogP contribution in [0.4, 0.5) is 8.78 Å². The van der Waals surface area contributed by atoms with E-state index in [1.807, 2.05) is 0 Å². The zero-order valence-corrected chi connectivity index (χ0v) is 7.63. The van der Waals surface area contributed by atoms with Crippen LogP contribution in [-0.2, 0) is 0 Å². The highest BCUT2D eigenvalue weighted by Crippen LogP contribution is 2.19. The van der Waals surface area contributed by atoms with Gasteiger partial charge in [0.25, 0.3) is 6.43 Å². The lowest BCUT2D eigenvalue weighted by atomic mass is 10.1. The van der Waals surface area contributed by atoms with Crippen molar-refractivity contribution in [3.63, 3.8) is 0 Å². The third-order valence-electron chi connectivity index (χ3n) is 1.38. The lowest BCUT2D eigenvalue weighted by Gasteiger charge is -2.09. The number of alkyl halides is 2. The summed E-state index contributed by atoms with van der Waals surface area (Å²) in [5, 5.41) is 0. The maximum Gasteiger partial charge on any atom is 0.257 e. The quantitative estimate of drug-likeness (QED) is 0.855. The van der Waals surface area contributed by atoms with Gasteiger partial charge in [0.05, 0.1) is 6.04 Å². The molecular formula is C7H7BrF2N2. The van der Waals surface area contributed by atoms with Crippen molar-refractivity contribution in [2.75, 3.05) is 0 Å². The van der Waals surface area contributed by atoms with Gasteiger partial charge in [-0.1, -0.05) is 0 Å². The third kappa shape index (κ3) is 2.22.